The lowest BCUT2D eigenvalue weighted by atomic mass is 10.1. The van der Waals surface area contributed by atoms with Gasteiger partial charge in [-0.1, -0.05) is 66.1 Å². The molecule has 0 N–H and O–H groups in total. The second-order valence-electron chi connectivity index (χ2n) is 4.85. The fraction of sp³-hybridized carbons (Fsp3) is 0. The van der Waals surface area contributed by atoms with Crippen LogP contribution in [0.2, 0.25) is 5.02 Å². The van der Waals surface area contributed by atoms with Crippen molar-refractivity contribution in [2.75, 3.05) is 0 Å². The molecule has 0 aliphatic rings. The third-order valence-corrected chi connectivity index (χ3v) is 4.77. The van der Waals surface area contributed by atoms with Crippen LogP contribution in [0.25, 0.3) is 27.8 Å². The maximum Gasteiger partial charge on any atom is 0.101 e. The molecule has 0 bridgehead atoms. The molecule has 2 nitrogen and oxygen atoms in total. The molecule has 1 heterocycles. The van der Waals surface area contributed by atoms with Gasteiger partial charge in [-0.05, 0) is 34.1 Å². The Hall–Kier alpha value is -2.10. The van der Waals surface area contributed by atoms with Crippen LogP contribution >= 0.6 is 27.5 Å². The number of hydrogen-bond donors (Lipinski definition) is 0. The SMILES string of the molecule is [2H]c1c([2H])c([2H])c(-c2nn(-c3cccc(Br)c3Cl)c3ccccc23)c([2H])c1[2H]. The third kappa shape index (κ3) is 2.46. The largest absolute Gasteiger partial charge is 0.231 e. The monoisotopic (exact) mass is 387 g/mol. The molecule has 0 saturated carbocycles. The van der Waals surface area contributed by atoms with Crippen LogP contribution in [0.1, 0.15) is 6.85 Å². The van der Waals surface area contributed by atoms with Crippen molar-refractivity contribution in [1.29, 1.82) is 0 Å². The van der Waals surface area contributed by atoms with Crippen molar-refractivity contribution in [3.63, 3.8) is 0 Å². The van der Waals surface area contributed by atoms with Crippen molar-refractivity contribution in [3.8, 4) is 16.9 Å². The normalized spacial score (nSPS) is 14.1. The molecular formula is C19H12BrClN2. The average Bonchev–Trinajstić information content (AvgIpc) is 3.06. The van der Waals surface area contributed by atoms with Crippen LogP contribution in [0.4, 0.5) is 0 Å². The Bertz CT molecular complexity index is 1230. The molecule has 0 radical (unpaired) electrons. The van der Waals surface area contributed by atoms with E-state index in [4.69, 9.17) is 18.5 Å². The van der Waals surface area contributed by atoms with Gasteiger partial charge in [0.15, 0.2) is 0 Å². The zero-order chi connectivity index (χ0) is 20.2. The van der Waals surface area contributed by atoms with E-state index >= 15 is 0 Å². The first-order chi connectivity index (χ1) is 13.3. The molecule has 0 fully saturated rings. The van der Waals surface area contributed by atoms with E-state index in [9.17, 15) is 0 Å². The van der Waals surface area contributed by atoms with Crippen LogP contribution in [-0.2, 0) is 0 Å². The zero-order valence-corrected chi connectivity index (χ0v) is 14.0. The summed E-state index contributed by atoms with van der Waals surface area (Å²) in [4.78, 5) is 0. The van der Waals surface area contributed by atoms with Crippen LogP contribution in [0.15, 0.2) is 77.1 Å². The first kappa shape index (κ1) is 9.91. The van der Waals surface area contributed by atoms with E-state index in [0.29, 0.717) is 31.8 Å². The van der Waals surface area contributed by atoms with Gasteiger partial charge in [-0.2, -0.15) is 5.10 Å². The van der Waals surface area contributed by atoms with E-state index in [-0.39, 0.29) is 17.6 Å². The van der Waals surface area contributed by atoms with Gasteiger partial charge >= 0.3 is 0 Å². The average molecular weight is 389 g/mol. The van der Waals surface area contributed by atoms with Crippen LogP contribution in [0.5, 0.6) is 0 Å². The summed E-state index contributed by atoms with van der Waals surface area (Å²) < 4.78 is 42.6. The van der Waals surface area contributed by atoms with Gasteiger partial charge in [-0.3, -0.25) is 0 Å². The second-order valence-corrected chi connectivity index (χ2v) is 6.08. The lowest BCUT2D eigenvalue weighted by molar-refractivity contribution is 0.914. The highest BCUT2D eigenvalue weighted by molar-refractivity contribution is 9.10. The smallest absolute Gasteiger partial charge is 0.101 e. The molecule has 112 valence electrons. The molecule has 4 rings (SSSR count). The number of fused-ring (bicyclic) bond motifs is 1. The maximum absolute atomic E-state index is 8.28. The maximum atomic E-state index is 8.28. The van der Waals surface area contributed by atoms with Crippen molar-refractivity contribution >= 4 is 38.4 Å². The lowest BCUT2D eigenvalue weighted by Gasteiger charge is -2.07. The van der Waals surface area contributed by atoms with Gasteiger partial charge in [-0.25, -0.2) is 4.68 Å². The molecule has 3 aromatic carbocycles. The minimum absolute atomic E-state index is 0.0621. The molecule has 1 aromatic heterocycles. The van der Waals surface area contributed by atoms with E-state index in [2.05, 4.69) is 21.0 Å². The van der Waals surface area contributed by atoms with Gasteiger partial charge in [0, 0.05) is 15.4 Å². The summed E-state index contributed by atoms with van der Waals surface area (Å²) in [5.41, 5.74) is 1.70. The van der Waals surface area contributed by atoms with E-state index in [0.717, 1.165) is 0 Å². The molecule has 4 heteroatoms. The van der Waals surface area contributed by atoms with Crippen molar-refractivity contribution < 1.29 is 6.85 Å². The molecule has 0 aliphatic carbocycles. The highest BCUT2D eigenvalue weighted by Gasteiger charge is 2.15. The Morgan fingerprint density at radius 1 is 1.00 bits per heavy atom. The van der Waals surface area contributed by atoms with E-state index in [1.165, 1.54) is 0 Å². The molecule has 4 aromatic rings. The first-order valence-electron chi connectivity index (χ1n) is 9.32. The summed E-state index contributed by atoms with van der Waals surface area (Å²) in [7, 11) is 0. The summed E-state index contributed by atoms with van der Waals surface area (Å²) >= 11 is 9.86. The van der Waals surface area contributed by atoms with Crippen LogP contribution in [0, 0.1) is 0 Å². The summed E-state index contributed by atoms with van der Waals surface area (Å²) in [6, 6.07) is 11.0. The quantitative estimate of drug-likeness (QED) is 0.405. The summed E-state index contributed by atoms with van der Waals surface area (Å²) in [6.07, 6.45) is 0. The molecule has 0 spiro atoms. The number of rotatable bonds is 2. The minimum atomic E-state index is -0.433. The third-order valence-electron chi connectivity index (χ3n) is 3.48. The molecule has 0 atom stereocenters. The Kier molecular flexibility index (Phi) is 2.51. The van der Waals surface area contributed by atoms with Gasteiger partial charge in [0.05, 0.1) is 23.1 Å². The van der Waals surface area contributed by atoms with E-state index in [1.54, 1.807) is 16.8 Å². The fourth-order valence-corrected chi connectivity index (χ4v) is 3.02. The van der Waals surface area contributed by atoms with E-state index in [1.807, 2.05) is 30.3 Å². The van der Waals surface area contributed by atoms with Crippen LogP contribution < -0.4 is 0 Å². The topological polar surface area (TPSA) is 17.8 Å². The number of para-hydroxylation sites is 1. The Morgan fingerprint density at radius 2 is 1.78 bits per heavy atom. The number of halogens is 2. The minimum Gasteiger partial charge on any atom is -0.231 e. The Balaban J connectivity index is 2.11. The Labute approximate surface area is 154 Å². The number of hydrogen-bond acceptors (Lipinski definition) is 1. The highest BCUT2D eigenvalue weighted by Crippen LogP contribution is 2.34. The molecule has 23 heavy (non-hydrogen) atoms. The predicted octanol–water partition coefficient (Wildman–Crippen LogP) is 6.11. The molecule has 0 amide bonds. The second kappa shape index (κ2) is 5.84. The zero-order valence-electron chi connectivity index (χ0n) is 16.7. The number of aromatic nitrogens is 2. The number of benzene rings is 3. The van der Waals surface area contributed by atoms with Crippen molar-refractivity contribution in [3.05, 3.63) is 82.2 Å². The summed E-state index contributed by atoms with van der Waals surface area (Å²) in [5, 5.41) is 5.73. The van der Waals surface area contributed by atoms with Crippen molar-refractivity contribution in [1.82, 2.24) is 9.78 Å². The van der Waals surface area contributed by atoms with Gasteiger partial charge < -0.3 is 0 Å². The molecular weight excluding hydrogens is 372 g/mol. The summed E-state index contributed by atoms with van der Waals surface area (Å²) in [6.45, 7) is 0. The van der Waals surface area contributed by atoms with Gasteiger partial charge in [0.1, 0.15) is 5.69 Å². The molecule has 0 aliphatic heterocycles. The van der Waals surface area contributed by atoms with E-state index < -0.39 is 18.1 Å². The first-order valence-corrected chi connectivity index (χ1v) is 7.99. The number of nitrogens with zero attached hydrogens (tertiary/aromatic N) is 2. The van der Waals surface area contributed by atoms with Crippen molar-refractivity contribution in [2.24, 2.45) is 0 Å². The predicted molar refractivity (Wildman–Crippen MR) is 99.2 cm³/mol. The van der Waals surface area contributed by atoms with Gasteiger partial charge in [0.2, 0.25) is 0 Å². The summed E-state index contributed by atoms with van der Waals surface area (Å²) in [5.74, 6) is 0. The highest BCUT2D eigenvalue weighted by atomic mass is 79.9. The van der Waals surface area contributed by atoms with Crippen LogP contribution in [-0.4, -0.2) is 9.78 Å². The van der Waals surface area contributed by atoms with Gasteiger partial charge in [0.25, 0.3) is 0 Å². The molecule has 0 saturated heterocycles. The van der Waals surface area contributed by atoms with Crippen molar-refractivity contribution in [2.45, 2.75) is 0 Å². The Morgan fingerprint density at radius 3 is 2.61 bits per heavy atom. The van der Waals surface area contributed by atoms with Gasteiger partial charge in [-0.15, -0.1) is 0 Å². The standard InChI is InChI=1S/C19H12BrClN2/c20-15-10-6-12-17(18(15)21)23-16-11-5-4-9-14(16)19(22-23)13-7-2-1-3-8-13/h1-12H/i1D,2D,3D,7D,8D. The fourth-order valence-electron chi connectivity index (χ4n) is 2.46. The molecule has 0 unspecified atom stereocenters. The van der Waals surface area contributed by atoms with Crippen LogP contribution in [0.3, 0.4) is 0 Å². The lowest BCUT2D eigenvalue weighted by Crippen LogP contribution is -1.97.